The highest BCUT2D eigenvalue weighted by molar-refractivity contribution is 6.34. The summed E-state index contributed by atoms with van der Waals surface area (Å²) < 4.78 is 4.63. The summed E-state index contributed by atoms with van der Waals surface area (Å²) in [5.74, 6) is 0.407. The van der Waals surface area contributed by atoms with E-state index in [-0.39, 0.29) is 0 Å². The first kappa shape index (κ1) is 8.72. The summed E-state index contributed by atoms with van der Waals surface area (Å²) in [5, 5.41) is 9.20. The molecule has 5 heteroatoms. The lowest BCUT2D eigenvalue weighted by Crippen LogP contribution is -1.99. The van der Waals surface area contributed by atoms with Crippen molar-refractivity contribution in [3.8, 4) is 5.75 Å². The van der Waals surface area contributed by atoms with Crippen LogP contribution in [0.3, 0.4) is 0 Å². The Balaban J connectivity index is 2.89. The van der Waals surface area contributed by atoms with Crippen LogP contribution in [0.15, 0.2) is 18.2 Å². The molecule has 1 rings (SSSR count). The minimum Gasteiger partial charge on any atom is -0.537 e. The lowest BCUT2D eigenvalue weighted by molar-refractivity contribution is 0.454. The van der Waals surface area contributed by atoms with Gasteiger partial charge in [-0.15, -0.1) is 0 Å². The van der Waals surface area contributed by atoms with Crippen LogP contribution in [-0.4, -0.2) is 12.7 Å². The molecule has 0 saturated heterocycles. The summed E-state index contributed by atoms with van der Waals surface area (Å²) in [5.41, 5.74) is 0. The van der Waals surface area contributed by atoms with Gasteiger partial charge in [0, 0.05) is 10.0 Å². The third-order valence-electron chi connectivity index (χ3n) is 1.02. The molecule has 0 aromatic heterocycles. The Morgan fingerprint density at radius 1 is 1.18 bits per heavy atom. The molecular formula is C6H4BCl2O2. The first-order valence-electron chi connectivity index (χ1n) is 2.81. The Kier molecular flexibility index (Phi) is 3.06. The van der Waals surface area contributed by atoms with Gasteiger partial charge in [-0.1, -0.05) is 23.2 Å². The van der Waals surface area contributed by atoms with Crippen molar-refractivity contribution >= 4 is 30.9 Å². The van der Waals surface area contributed by atoms with Gasteiger partial charge in [0.2, 0.25) is 0 Å². The highest BCUT2D eigenvalue weighted by Crippen LogP contribution is 2.23. The molecule has 2 nitrogen and oxygen atoms in total. The highest BCUT2D eigenvalue weighted by Gasteiger charge is 1.98. The number of hydrogen-bond acceptors (Lipinski definition) is 2. The maximum absolute atomic E-state index is 8.27. The van der Waals surface area contributed by atoms with E-state index < -0.39 is 0 Å². The molecule has 1 aromatic carbocycles. The monoisotopic (exact) mass is 189 g/mol. The standard InChI is InChI=1S/C6H4BCl2O2/c8-4-1-5(9)3-6(2-4)11-7-10/h1-3,10H. The van der Waals surface area contributed by atoms with Crippen molar-refractivity contribution in [1.29, 1.82) is 0 Å². The molecule has 0 bridgehead atoms. The third-order valence-corrected chi connectivity index (χ3v) is 1.46. The summed E-state index contributed by atoms with van der Waals surface area (Å²) in [6.07, 6.45) is 0. The van der Waals surface area contributed by atoms with E-state index >= 15 is 0 Å². The van der Waals surface area contributed by atoms with Gasteiger partial charge in [-0.25, -0.2) is 0 Å². The quantitative estimate of drug-likeness (QED) is 0.721. The molecule has 0 fully saturated rings. The van der Waals surface area contributed by atoms with E-state index in [4.69, 9.17) is 28.2 Å². The van der Waals surface area contributed by atoms with E-state index in [1.54, 1.807) is 18.2 Å². The molecule has 0 amide bonds. The van der Waals surface area contributed by atoms with Crippen LogP contribution < -0.4 is 4.65 Å². The largest absolute Gasteiger partial charge is 0.569 e. The van der Waals surface area contributed by atoms with Crippen molar-refractivity contribution in [3.05, 3.63) is 28.2 Å². The Morgan fingerprint density at radius 2 is 1.73 bits per heavy atom. The van der Waals surface area contributed by atoms with E-state index in [0.717, 1.165) is 0 Å². The summed E-state index contributed by atoms with van der Waals surface area (Å²) in [6, 6.07) is 4.66. The average Bonchev–Trinajstić information content (AvgIpc) is 1.85. The predicted octanol–water partition coefficient (Wildman–Crippen LogP) is 1.90. The first-order valence-corrected chi connectivity index (χ1v) is 3.56. The lowest BCUT2D eigenvalue weighted by atomic mass is 10.3. The van der Waals surface area contributed by atoms with Gasteiger partial charge in [-0.3, -0.25) is 0 Å². The van der Waals surface area contributed by atoms with Crippen LogP contribution >= 0.6 is 23.2 Å². The molecule has 0 spiro atoms. The average molecular weight is 190 g/mol. The number of halogens is 2. The Bertz CT molecular complexity index is 234. The summed E-state index contributed by atoms with van der Waals surface area (Å²) in [6.45, 7) is 0. The van der Waals surface area contributed by atoms with Crippen LogP contribution in [0, 0.1) is 0 Å². The zero-order chi connectivity index (χ0) is 8.27. The number of rotatable bonds is 2. The van der Waals surface area contributed by atoms with Crippen molar-refractivity contribution in [2.24, 2.45) is 0 Å². The molecule has 11 heavy (non-hydrogen) atoms. The van der Waals surface area contributed by atoms with Gasteiger partial charge in [-0.05, 0) is 18.2 Å². The second kappa shape index (κ2) is 3.86. The molecule has 0 aliphatic heterocycles. The summed E-state index contributed by atoms with van der Waals surface area (Å²) in [7, 11) is 0.571. The van der Waals surface area contributed by atoms with Crippen molar-refractivity contribution < 1.29 is 9.68 Å². The summed E-state index contributed by atoms with van der Waals surface area (Å²) >= 11 is 11.3. The third kappa shape index (κ3) is 2.62. The molecule has 0 saturated carbocycles. The number of hydrogen-bond donors (Lipinski definition) is 1. The van der Waals surface area contributed by atoms with Gasteiger partial charge in [0.05, 0.1) is 0 Å². The number of benzene rings is 1. The molecular weight excluding hydrogens is 186 g/mol. The van der Waals surface area contributed by atoms with Crippen molar-refractivity contribution in [2.75, 3.05) is 0 Å². The van der Waals surface area contributed by atoms with Crippen LogP contribution in [0.1, 0.15) is 0 Å². The van der Waals surface area contributed by atoms with E-state index in [0.29, 0.717) is 23.5 Å². The molecule has 1 aromatic rings. The van der Waals surface area contributed by atoms with Crippen LogP contribution in [0.4, 0.5) is 0 Å². The minimum atomic E-state index is 0.407. The topological polar surface area (TPSA) is 29.5 Å². The Labute approximate surface area is 75.0 Å². The van der Waals surface area contributed by atoms with Crippen LogP contribution in [-0.2, 0) is 0 Å². The molecule has 1 N–H and O–H groups in total. The lowest BCUT2D eigenvalue weighted by Gasteiger charge is -2.01. The predicted molar refractivity (Wildman–Crippen MR) is 45.1 cm³/mol. The second-order valence-corrected chi connectivity index (χ2v) is 2.70. The maximum atomic E-state index is 8.27. The normalized spacial score (nSPS) is 9.36. The molecule has 0 aliphatic rings. The zero-order valence-electron chi connectivity index (χ0n) is 5.42. The van der Waals surface area contributed by atoms with Crippen molar-refractivity contribution in [1.82, 2.24) is 0 Å². The Hall–Kier alpha value is -0.375. The van der Waals surface area contributed by atoms with Gasteiger partial charge in [-0.2, -0.15) is 0 Å². The van der Waals surface area contributed by atoms with E-state index in [9.17, 15) is 0 Å². The van der Waals surface area contributed by atoms with Gasteiger partial charge in [0.1, 0.15) is 5.75 Å². The van der Waals surface area contributed by atoms with E-state index in [1.807, 2.05) is 0 Å². The smallest absolute Gasteiger partial charge is 0.537 e. The SMILES string of the molecule is O[B]Oc1cc(Cl)cc(Cl)c1. The molecule has 0 aliphatic carbocycles. The highest BCUT2D eigenvalue weighted by atomic mass is 35.5. The molecule has 57 valence electrons. The Morgan fingerprint density at radius 3 is 2.18 bits per heavy atom. The fraction of sp³-hybridized carbons (Fsp3) is 0. The molecule has 0 heterocycles. The van der Waals surface area contributed by atoms with Gasteiger partial charge >= 0.3 is 7.69 Å². The molecule has 1 radical (unpaired) electrons. The summed E-state index contributed by atoms with van der Waals surface area (Å²) in [4.78, 5) is 0. The van der Waals surface area contributed by atoms with Crippen LogP contribution in [0.2, 0.25) is 10.0 Å². The zero-order valence-corrected chi connectivity index (χ0v) is 6.93. The van der Waals surface area contributed by atoms with Crippen LogP contribution in [0.25, 0.3) is 0 Å². The first-order chi connectivity index (χ1) is 5.22. The second-order valence-electron chi connectivity index (χ2n) is 1.83. The van der Waals surface area contributed by atoms with Gasteiger partial charge < -0.3 is 9.68 Å². The van der Waals surface area contributed by atoms with Gasteiger partial charge in [0.25, 0.3) is 0 Å². The van der Waals surface area contributed by atoms with Gasteiger partial charge in [0.15, 0.2) is 0 Å². The molecule has 0 atom stereocenters. The minimum absolute atomic E-state index is 0.407. The van der Waals surface area contributed by atoms with Crippen molar-refractivity contribution in [3.63, 3.8) is 0 Å². The maximum Gasteiger partial charge on any atom is 0.569 e. The molecule has 0 unspecified atom stereocenters. The van der Waals surface area contributed by atoms with Crippen molar-refractivity contribution in [2.45, 2.75) is 0 Å². The fourth-order valence-electron chi connectivity index (χ4n) is 0.657. The van der Waals surface area contributed by atoms with E-state index in [2.05, 4.69) is 4.65 Å². The van der Waals surface area contributed by atoms with E-state index in [1.165, 1.54) is 0 Å². The fourth-order valence-corrected chi connectivity index (χ4v) is 1.16. The van der Waals surface area contributed by atoms with Crippen LogP contribution in [0.5, 0.6) is 5.75 Å².